The molecule has 2 rings (SSSR count). The molecule has 1 aliphatic rings. The molecule has 1 aromatic rings. The van der Waals surface area contributed by atoms with Crippen molar-refractivity contribution in [3.63, 3.8) is 0 Å². The fraction of sp³-hybridized carbons (Fsp3) is 0.462. The number of nitrogen functional groups attached to an aromatic ring is 1. The summed E-state index contributed by atoms with van der Waals surface area (Å²) in [7, 11) is 0. The summed E-state index contributed by atoms with van der Waals surface area (Å²) in [5.41, 5.74) is 6.44. The molecular formula is C13H16Cl2N2O3. The number of nitrogens with one attached hydrogen (secondary N) is 1. The van der Waals surface area contributed by atoms with E-state index in [1.54, 1.807) is 12.1 Å². The minimum atomic E-state index is -0.160. The fourth-order valence-electron chi connectivity index (χ4n) is 1.71. The molecule has 0 radical (unpaired) electrons. The first kappa shape index (κ1) is 15.4. The Bertz CT molecular complexity index is 469. The Morgan fingerprint density at radius 1 is 1.40 bits per heavy atom. The second-order valence-electron chi connectivity index (χ2n) is 4.54. The first-order valence-corrected chi connectivity index (χ1v) is 7.05. The molecule has 1 amide bonds. The second-order valence-corrected chi connectivity index (χ2v) is 5.36. The van der Waals surface area contributed by atoms with Crippen molar-refractivity contribution in [3.8, 4) is 0 Å². The molecule has 5 nitrogen and oxygen atoms in total. The highest BCUT2D eigenvalue weighted by Crippen LogP contribution is 2.32. The van der Waals surface area contributed by atoms with Gasteiger partial charge < -0.3 is 20.5 Å². The Kier molecular flexibility index (Phi) is 5.48. The summed E-state index contributed by atoms with van der Waals surface area (Å²) in [6.07, 6.45) is 1.15. The minimum absolute atomic E-state index is 0.160. The van der Waals surface area contributed by atoms with E-state index in [4.69, 9.17) is 38.4 Å². The van der Waals surface area contributed by atoms with Crippen molar-refractivity contribution >= 4 is 40.5 Å². The van der Waals surface area contributed by atoms with Gasteiger partial charge in [-0.3, -0.25) is 4.79 Å². The van der Waals surface area contributed by atoms with E-state index < -0.39 is 0 Å². The predicted molar refractivity (Wildman–Crippen MR) is 79.3 cm³/mol. The van der Waals surface area contributed by atoms with Gasteiger partial charge in [0.2, 0.25) is 5.91 Å². The van der Waals surface area contributed by atoms with E-state index in [1.807, 2.05) is 0 Å². The molecule has 20 heavy (non-hydrogen) atoms. The SMILES string of the molecule is Nc1cc(Cl)c(NC(=O)CCCOC2COC2)c(Cl)c1. The van der Waals surface area contributed by atoms with Crippen LogP contribution in [0.25, 0.3) is 0 Å². The normalized spacial score (nSPS) is 14.9. The number of amides is 1. The summed E-state index contributed by atoms with van der Waals surface area (Å²) in [6, 6.07) is 3.09. The van der Waals surface area contributed by atoms with E-state index in [-0.39, 0.29) is 12.0 Å². The third kappa shape index (κ3) is 4.24. The summed E-state index contributed by atoms with van der Waals surface area (Å²) < 4.78 is 10.5. The lowest BCUT2D eigenvalue weighted by Crippen LogP contribution is -2.36. The highest BCUT2D eigenvalue weighted by molar-refractivity contribution is 6.40. The first-order valence-electron chi connectivity index (χ1n) is 6.30. The number of anilines is 2. The van der Waals surface area contributed by atoms with Crippen LogP contribution in [0.2, 0.25) is 10.0 Å². The topological polar surface area (TPSA) is 73.6 Å². The van der Waals surface area contributed by atoms with Crippen LogP contribution in [0.5, 0.6) is 0 Å². The molecule has 0 aliphatic carbocycles. The van der Waals surface area contributed by atoms with Crippen LogP contribution in [-0.4, -0.2) is 31.8 Å². The van der Waals surface area contributed by atoms with Gasteiger partial charge in [-0.15, -0.1) is 0 Å². The van der Waals surface area contributed by atoms with E-state index in [0.29, 0.717) is 54.1 Å². The number of carbonyl (C=O) groups is 1. The zero-order valence-electron chi connectivity index (χ0n) is 10.8. The zero-order valence-corrected chi connectivity index (χ0v) is 12.3. The van der Waals surface area contributed by atoms with E-state index in [2.05, 4.69) is 5.32 Å². The number of halogens is 2. The Morgan fingerprint density at radius 3 is 2.60 bits per heavy atom. The zero-order chi connectivity index (χ0) is 14.5. The number of ether oxygens (including phenoxy) is 2. The van der Waals surface area contributed by atoms with Gasteiger partial charge in [-0.25, -0.2) is 0 Å². The molecule has 0 unspecified atom stereocenters. The Balaban J connectivity index is 1.76. The van der Waals surface area contributed by atoms with Crippen LogP contribution in [0, 0.1) is 0 Å². The maximum absolute atomic E-state index is 11.8. The van der Waals surface area contributed by atoms with Gasteiger partial charge in [-0.2, -0.15) is 0 Å². The maximum atomic E-state index is 11.8. The summed E-state index contributed by atoms with van der Waals surface area (Å²) in [6.45, 7) is 1.82. The minimum Gasteiger partial charge on any atom is -0.399 e. The van der Waals surface area contributed by atoms with Crippen molar-refractivity contribution in [2.24, 2.45) is 0 Å². The van der Waals surface area contributed by atoms with Crippen molar-refractivity contribution in [1.29, 1.82) is 0 Å². The lowest BCUT2D eigenvalue weighted by atomic mass is 10.2. The summed E-state index contributed by atoms with van der Waals surface area (Å²) in [4.78, 5) is 11.8. The average Bonchev–Trinajstić information content (AvgIpc) is 2.31. The lowest BCUT2D eigenvalue weighted by Gasteiger charge is -2.25. The van der Waals surface area contributed by atoms with Crippen LogP contribution in [-0.2, 0) is 14.3 Å². The molecule has 110 valence electrons. The van der Waals surface area contributed by atoms with Gasteiger partial charge in [0.1, 0.15) is 6.10 Å². The molecule has 1 aromatic carbocycles. The van der Waals surface area contributed by atoms with Crippen molar-refractivity contribution in [2.45, 2.75) is 18.9 Å². The Labute approximate surface area is 127 Å². The second kappa shape index (κ2) is 7.13. The molecule has 1 heterocycles. The van der Waals surface area contributed by atoms with Gasteiger partial charge in [0.15, 0.2) is 0 Å². The number of benzene rings is 1. The van der Waals surface area contributed by atoms with Crippen LogP contribution >= 0.6 is 23.2 Å². The molecule has 1 fully saturated rings. The van der Waals surface area contributed by atoms with Crippen molar-refractivity contribution in [1.82, 2.24) is 0 Å². The third-order valence-electron chi connectivity index (χ3n) is 2.84. The Morgan fingerprint density at radius 2 is 2.05 bits per heavy atom. The van der Waals surface area contributed by atoms with Gasteiger partial charge in [0.05, 0.1) is 28.9 Å². The smallest absolute Gasteiger partial charge is 0.224 e. The van der Waals surface area contributed by atoms with Gasteiger partial charge >= 0.3 is 0 Å². The lowest BCUT2D eigenvalue weighted by molar-refractivity contribution is -0.131. The predicted octanol–water partition coefficient (Wildman–Crippen LogP) is 2.71. The van der Waals surface area contributed by atoms with Crippen LogP contribution in [0.1, 0.15) is 12.8 Å². The molecule has 0 saturated carbocycles. The van der Waals surface area contributed by atoms with Crippen LogP contribution in [0.4, 0.5) is 11.4 Å². The van der Waals surface area contributed by atoms with Crippen LogP contribution < -0.4 is 11.1 Å². The van der Waals surface area contributed by atoms with Crippen LogP contribution in [0.3, 0.4) is 0 Å². The number of hydrogen-bond acceptors (Lipinski definition) is 4. The van der Waals surface area contributed by atoms with Crippen molar-refractivity contribution in [3.05, 3.63) is 22.2 Å². The number of rotatable bonds is 6. The monoisotopic (exact) mass is 318 g/mol. The maximum Gasteiger partial charge on any atom is 0.224 e. The molecule has 0 aromatic heterocycles. The van der Waals surface area contributed by atoms with E-state index in [1.165, 1.54) is 0 Å². The first-order chi connectivity index (χ1) is 9.56. The number of hydrogen-bond donors (Lipinski definition) is 2. The molecule has 0 atom stereocenters. The van der Waals surface area contributed by atoms with Crippen molar-refractivity contribution < 1.29 is 14.3 Å². The fourth-order valence-corrected chi connectivity index (χ4v) is 2.31. The number of carbonyl (C=O) groups excluding carboxylic acids is 1. The third-order valence-corrected chi connectivity index (χ3v) is 3.43. The average molecular weight is 319 g/mol. The van der Waals surface area contributed by atoms with Crippen molar-refractivity contribution in [2.75, 3.05) is 30.9 Å². The van der Waals surface area contributed by atoms with E-state index >= 15 is 0 Å². The van der Waals surface area contributed by atoms with Crippen LogP contribution in [0.15, 0.2) is 12.1 Å². The molecule has 1 aliphatic heterocycles. The molecule has 1 saturated heterocycles. The van der Waals surface area contributed by atoms with Gasteiger partial charge in [0.25, 0.3) is 0 Å². The molecule has 0 bridgehead atoms. The van der Waals surface area contributed by atoms with Gasteiger partial charge in [-0.1, -0.05) is 23.2 Å². The summed E-state index contributed by atoms with van der Waals surface area (Å²) in [5, 5.41) is 3.33. The van der Waals surface area contributed by atoms with Gasteiger partial charge in [-0.05, 0) is 18.6 Å². The van der Waals surface area contributed by atoms with E-state index in [0.717, 1.165) is 0 Å². The number of nitrogens with two attached hydrogens (primary N) is 1. The van der Waals surface area contributed by atoms with Gasteiger partial charge in [0, 0.05) is 18.7 Å². The summed E-state index contributed by atoms with van der Waals surface area (Å²) in [5.74, 6) is -0.160. The Hall–Kier alpha value is -1.01. The summed E-state index contributed by atoms with van der Waals surface area (Å²) >= 11 is 12.0. The highest BCUT2D eigenvalue weighted by atomic mass is 35.5. The highest BCUT2D eigenvalue weighted by Gasteiger charge is 2.18. The largest absolute Gasteiger partial charge is 0.399 e. The molecule has 3 N–H and O–H groups in total. The molecular weight excluding hydrogens is 303 g/mol. The van der Waals surface area contributed by atoms with E-state index in [9.17, 15) is 4.79 Å². The molecule has 0 spiro atoms. The molecule has 7 heteroatoms. The standard InChI is InChI=1S/C13H16Cl2N2O3/c14-10-4-8(16)5-11(15)13(10)17-12(18)2-1-3-20-9-6-19-7-9/h4-5,9H,1-3,6-7,16H2,(H,17,18). The quantitative estimate of drug-likeness (QED) is 0.624.